The van der Waals surface area contributed by atoms with E-state index in [0.717, 1.165) is 17.1 Å². The predicted octanol–water partition coefficient (Wildman–Crippen LogP) is 3.32. The number of benzene rings is 1. The number of thiazole rings is 1. The molecule has 0 aliphatic carbocycles. The SMILES string of the molecule is CC(=O)C(CC(C)C)N[C@@H](Cc1csc(Cc2ccccc2)n1)C(=O)O. The topological polar surface area (TPSA) is 79.3 Å². The molecule has 0 fully saturated rings. The highest BCUT2D eigenvalue weighted by atomic mass is 32.1. The zero-order valence-corrected chi connectivity index (χ0v) is 16.3. The highest BCUT2D eigenvalue weighted by molar-refractivity contribution is 7.09. The molecule has 6 heteroatoms. The van der Waals surface area contributed by atoms with Gasteiger partial charge in [0.2, 0.25) is 0 Å². The Morgan fingerprint density at radius 1 is 1.19 bits per heavy atom. The van der Waals surface area contributed by atoms with E-state index in [-0.39, 0.29) is 12.2 Å². The minimum absolute atomic E-state index is 0.0343. The van der Waals surface area contributed by atoms with Crippen LogP contribution in [0.4, 0.5) is 0 Å². The smallest absolute Gasteiger partial charge is 0.321 e. The van der Waals surface area contributed by atoms with Gasteiger partial charge in [-0.25, -0.2) is 4.98 Å². The summed E-state index contributed by atoms with van der Waals surface area (Å²) in [5, 5.41) is 15.4. The fourth-order valence-corrected chi connectivity index (χ4v) is 3.63. The lowest BCUT2D eigenvalue weighted by molar-refractivity contribution is -0.139. The summed E-state index contributed by atoms with van der Waals surface area (Å²) in [4.78, 5) is 28.0. The summed E-state index contributed by atoms with van der Waals surface area (Å²) in [6.45, 7) is 5.53. The molecule has 1 heterocycles. The van der Waals surface area contributed by atoms with E-state index in [0.29, 0.717) is 12.3 Å². The Hall–Kier alpha value is -2.05. The molecule has 0 radical (unpaired) electrons. The molecule has 0 saturated heterocycles. The van der Waals surface area contributed by atoms with Gasteiger partial charge in [-0.15, -0.1) is 11.3 Å². The van der Waals surface area contributed by atoms with Crippen molar-refractivity contribution in [3.63, 3.8) is 0 Å². The van der Waals surface area contributed by atoms with Crippen LogP contribution in [0.5, 0.6) is 0 Å². The molecule has 1 aromatic carbocycles. The molecule has 2 aromatic rings. The highest BCUT2D eigenvalue weighted by Crippen LogP contribution is 2.16. The summed E-state index contributed by atoms with van der Waals surface area (Å²) < 4.78 is 0. The molecular formula is C20H26N2O3S. The lowest BCUT2D eigenvalue weighted by atomic mass is 9.99. The van der Waals surface area contributed by atoms with Crippen molar-refractivity contribution in [1.29, 1.82) is 0 Å². The molecule has 2 N–H and O–H groups in total. The highest BCUT2D eigenvalue weighted by Gasteiger charge is 2.25. The maximum Gasteiger partial charge on any atom is 0.321 e. The van der Waals surface area contributed by atoms with Crippen molar-refractivity contribution < 1.29 is 14.7 Å². The van der Waals surface area contributed by atoms with Gasteiger partial charge in [0, 0.05) is 18.2 Å². The van der Waals surface area contributed by atoms with Crippen LogP contribution in [0.25, 0.3) is 0 Å². The van der Waals surface area contributed by atoms with Gasteiger partial charge >= 0.3 is 5.97 Å². The summed E-state index contributed by atoms with van der Waals surface area (Å²) in [7, 11) is 0. The first-order valence-electron chi connectivity index (χ1n) is 8.81. The molecule has 0 amide bonds. The Kier molecular flexibility index (Phi) is 7.48. The van der Waals surface area contributed by atoms with Crippen LogP contribution in [0.15, 0.2) is 35.7 Å². The summed E-state index contributed by atoms with van der Waals surface area (Å²) >= 11 is 1.54. The Balaban J connectivity index is 2.03. The van der Waals surface area contributed by atoms with E-state index in [1.807, 2.05) is 49.6 Å². The average molecular weight is 375 g/mol. The van der Waals surface area contributed by atoms with Gasteiger partial charge in [0.05, 0.1) is 16.7 Å². The molecule has 140 valence electrons. The maximum absolute atomic E-state index is 11.8. The van der Waals surface area contributed by atoms with E-state index in [1.54, 1.807) is 0 Å². The van der Waals surface area contributed by atoms with Crippen LogP contribution in [0.1, 0.15) is 43.5 Å². The van der Waals surface area contributed by atoms with Crippen molar-refractivity contribution in [3.8, 4) is 0 Å². The lowest BCUT2D eigenvalue weighted by Crippen LogP contribution is -2.48. The number of carbonyl (C=O) groups is 2. The van der Waals surface area contributed by atoms with Crippen LogP contribution in [0, 0.1) is 5.92 Å². The molecule has 1 aromatic heterocycles. The van der Waals surface area contributed by atoms with Crippen LogP contribution in [-0.4, -0.2) is 33.9 Å². The average Bonchev–Trinajstić information content (AvgIpc) is 3.00. The summed E-state index contributed by atoms with van der Waals surface area (Å²) in [5.74, 6) is -0.687. The predicted molar refractivity (Wildman–Crippen MR) is 104 cm³/mol. The molecule has 26 heavy (non-hydrogen) atoms. The van der Waals surface area contributed by atoms with Gasteiger partial charge < -0.3 is 5.11 Å². The minimum atomic E-state index is -0.961. The Bertz CT molecular complexity index is 728. The molecule has 0 spiro atoms. The first kappa shape index (κ1) is 20.3. The molecule has 2 rings (SSSR count). The Morgan fingerprint density at radius 2 is 1.88 bits per heavy atom. The second kappa shape index (κ2) is 9.59. The third-order valence-electron chi connectivity index (χ3n) is 4.11. The number of nitrogens with one attached hydrogen (secondary N) is 1. The second-order valence-electron chi connectivity index (χ2n) is 6.95. The van der Waals surface area contributed by atoms with Crippen molar-refractivity contribution in [2.24, 2.45) is 5.92 Å². The number of Topliss-reactive ketones (excluding diaryl/α,β-unsaturated/α-hetero) is 1. The van der Waals surface area contributed by atoms with Gasteiger partial charge in [-0.2, -0.15) is 0 Å². The number of carbonyl (C=O) groups excluding carboxylic acids is 1. The van der Waals surface area contributed by atoms with Crippen LogP contribution >= 0.6 is 11.3 Å². The number of rotatable bonds is 10. The van der Waals surface area contributed by atoms with Crippen LogP contribution in [0.2, 0.25) is 0 Å². The molecule has 0 saturated carbocycles. The molecule has 2 atom stereocenters. The summed E-state index contributed by atoms with van der Waals surface area (Å²) in [6.07, 6.45) is 1.62. The minimum Gasteiger partial charge on any atom is -0.480 e. The van der Waals surface area contributed by atoms with E-state index in [2.05, 4.69) is 10.3 Å². The first-order chi connectivity index (χ1) is 12.3. The second-order valence-corrected chi connectivity index (χ2v) is 7.89. The summed E-state index contributed by atoms with van der Waals surface area (Å²) in [5.41, 5.74) is 1.92. The number of aliphatic carboxylic acids is 1. The van der Waals surface area contributed by atoms with Gasteiger partial charge in [0.15, 0.2) is 0 Å². The van der Waals surface area contributed by atoms with Gasteiger partial charge in [0.25, 0.3) is 0 Å². The third-order valence-corrected chi connectivity index (χ3v) is 5.01. The van der Waals surface area contributed by atoms with Crippen molar-refractivity contribution in [3.05, 3.63) is 52.0 Å². The molecule has 1 unspecified atom stereocenters. The van der Waals surface area contributed by atoms with Crippen molar-refractivity contribution in [1.82, 2.24) is 10.3 Å². The fraction of sp³-hybridized carbons (Fsp3) is 0.450. The van der Waals surface area contributed by atoms with E-state index in [1.165, 1.54) is 23.8 Å². The van der Waals surface area contributed by atoms with Crippen LogP contribution in [0.3, 0.4) is 0 Å². The standard InChI is InChI=1S/C20H26N2O3S/c1-13(2)9-17(14(3)23)22-18(20(24)25)11-16-12-26-19(21-16)10-15-7-5-4-6-8-15/h4-8,12-13,17-18,22H,9-11H2,1-3H3,(H,24,25)/t17?,18-/m0/s1. The monoisotopic (exact) mass is 374 g/mol. The van der Waals surface area contributed by atoms with Crippen molar-refractivity contribution in [2.45, 2.75) is 52.1 Å². The number of hydrogen-bond acceptors (Lipinski definition) is 5. The maximum atomic E-state index is 11.8. The van der Waals surface area contributed by atoms with E-state index in [9.17, 15) is 14.7 Å². The number of hydrogen-bond donors (Lipinski definition) is 2. The van der Waals surface area contributed by atoms with Gasteiger partial charge in [-0.3, -0.25) is 14.9 Å². The Labute approximate surface area is 158 Å². The molecular weight excluding hydrogens is 348 g/mol. The lowest BCUT2D eigenvalue weighted by Gasteiger charge is -2.22. The number of carboxylic acids is 1. The molecule has 0 bridgehead atoms. The molecule has 5 nitrogen and oxygen atoms in total. The van der Waals surface area contributed by atoms with Crippen molar-refractivity contribution in [2.75, 3.05) is 0 Å². The zero-order chi connectivity index (χ0) is 19.1. The largest absolute Gasteiger partial charge is 0.480 e. The fourth-order valence-electron chi connectivity index (χ4n) is 2.79. The normalized spacial score (nSPS) is 13.5. The van der Waals surface area contributed by atoms with Crippen molar-refractivity contribution >= 4 is 23.1 Å². The first-order valence-corrected chi connectivity index (χ1v) is 9.69. The number of aromatic nitrogens is 1. The number of carboxylic acid groups (broad SMARTS) is 1. The van der Waals surface area contributed by atoms with Crippen LogP contribution < -0.4 is 5.32 Å². The molecule has 0 aliphatic rings. The zero-order valence-electron chi connectivity index (χ0n) is 15.4. The quantitative estimate of drug-likeness (QED) is 0.667. The van der Waals surface area contributed by atoms with E-state index in [4.69, 9.17) is 0 Å². The Morgan fingerprint density at radius 3 is 2.46 bits per heavy atom. The third kappa shape index (κ3) is 6.35. The molecule has 0 aliphatic heterocycles. The van der Waals surface area contributed by atoms with E-state index >= 15 is 0 Å². The number of ketones is 1. The summed E-state index contributed by atoms with van der Waals surface area (Å²) in [6, 6.07) is 8.78. The van der Waals surface area contributed by atoms with Gasteiger partial charge in [-0.05, 0) is 24.8 Å². The van der Waals surface area contributed by atoms with E-state index < -0.39 is 18.1 Å². The van der Waals surface area contributed by atoms with Gasteiger partial charge in [0.1, 0.15) is 11.8 Å². The number of nitrogens with zero attached hydrogens (tertiary/aromatic N) is 1. The van der Waals surface area contributed by atoms with Gasteiger partial charge in [-0.1, -0.05) is 44.2 Å². The van der Waals surface area contributed by atoms with Crippen LogP contribution in [-0.2, 0) is 22.4 Å².